The SMILES string of the molecule is COc1ccccc1N1CCN(C[C@H](O)c2c[nH]c3ccc(F)cc23)CC1. The molecule has 2 heterocycles. The first-order valence-corrected chi connectivity index (χ1v) is 9.20. The minimum absolute atomic E-state index is 0.291. The molecule has 1 saturated heterocycles. The molecule has 1 fully saturated rings. The number of methoxy groups -OCH3 is 1. The van der Waals surface area contributed by atoms with E-state index in [9.17, 15) is 9.50 Å². The standard InChI is InChI=1S/C21H24FN3O2/c1-27-21-5-3-2-4-19(21)25-10-8-24(9-11-25)14-20(26)17-13-23-18-7-6-15(22)12-16(17)18/h2-7,12-13,20,23,26H,8-11,14H2,1H3/t20-/m0/s1. The van der Waals surface area contributed by atoms with Crippen LogP contribution in [-0.2, 0) is 0 Å². The predicted molar refractivity (Wildman–Crippen MR) is 105 cm³/mol. The average Bonchev–Trinajstić information content (AvgIpc) is 3.11. The van der Waals surface area contributed by atoms with E-state index in [4.69, 9.17) is 4.74 Å². The lowest BCUT2D eigenvalue weighted by Crippen LogP contribution is -2.47. The van der Waals surface area contributed by atoms with Crippen LogP contribution in [0.5, 0.6) is 5.75 Å². The lowest BCUT2D eigenvalue weighted by Gasteiger charge is -2.37. The number of aromatic nitrogens is 1. The molecule has 5 nitrogen and oxygen atoms in total. The van der Waals surface area contributed by atoms with Crippen LogP contribution in [0.2, 0.25) is 0 Å². The van der Waals surface area contributed by atoms with Crippen molar-refractivity contribution in [1.29, 1.82) is 0 Å². The topological polar surface area (TPSA) is 51.7 Å². The second-order valence-electron chi connectivity index (χ2n) is 6.91. The van der Waals surface area contributed by atoms with E-state index in [-0.39, 0.29) is 5.82 Å². The Balaban J connectivity index is 1.41. The van der Waals surface area contributed by atoms with Gasteiger partial charge in [0.1, 0.15) is 11.6 Å². The smallest absolute Gasteiger partial charge is 0.142 e. The highest BCUT2D eigenvalue weighted by molar-refractivity contribution is 5.83. The van der Waals surface area contributed by atoms with Gasteiger partial charge in [-0.15, -0.1) is 0 Å². The molecule has 4 rings (SSSR count). The maximum absolute atomic E-state index is 13.6. The molecule has 142 valence electrons. The molecule has 0 radical (unpaired) electrons. The van der Waals surface area contributed by atoms with E-state index in [1.807, 2.05) is 18.2 Å². The number of anilines is 1. The number of ether oxygens (including phenoxy) is 1. The molecular formula is C21H24FN3O2. The van der Waals surface area contributed by atoms with Crippen molar-refractivity contribution < 1.29 is 14.2 Å². The molecule has 2 aromatic carbocycles. The second kappa shape index (κ2) is 7.58. The van der Waals surface area contributed by atoms with Crippen molar-refractivity contribution in [3.05, 3.63) is 60.0 Å². The molecule has 1 aliphatic rings. The van der Waals surface area contributed by atoms with Gasteiger partial charge in [0.05, 0.1) is 18.9 Å². The summed E-state index contributed by atoms with van der Waals surface area (Å²) in [7, 11) is 1.69. The van der Waals surface area contributed by atoms with Crippen molar-refractivity contribution in [2.45, 2.75) is 6.10 Å². The highest BCUT2D eigenvalue weighted by Gasteiger charge is 2.23. The van der Waals surface area contributed by atoms with Crippen LogP contribution in [0.1, 0.15) is 11.7 Å². The van der Waals surface area contributed by atoms with Crippen LogP contribution in [0.3, 0.4) is 0 Å². The minimum atomic E-state index is -0.654. The van der Waals surface area contributed by atoms with E-state index in [1.54, 1.807) is 19.4 Å². The van der Waals surface area contributed by atoms with Gasteiger partial charge in [0.2, 0.25) is 0 Å². The van der Waals surface area contributed by atoms with Crippen molar-refractivity contribution in [2.75, 3.05) is 44.7 Å². The summed E-state index contributed by atoms with van der Waals surface area (Å²) >= 11 is 0. The number of H-pyrrole nitrogens is 1. The molecule has 0 unspecified atom stereocenters. The molecular weight excluding hydrogens is 345 g/mol. The van der Waals surface area contributed by atoms with E-state index < -0.39 is 6.10 Å². The highest BCUT2D eigenvalue weighted by atomic mass is 19.1. The van der Waals surface area contributed by atoms with Crippen LogP contribution in [0, 0.1) is 5.82 Å². The first kappa shape index (κ1) is 17.8. The first-order chi connectivity index (χ1) is 13.2. The normalized spacial score (nSPS) is 16.6. The zero-order valence-electron chi connectivity index (χ0n) is 15.4. The summed E-state index contributed by atoms with van der Waals surface area (Å²) in [6.45, 7) is 3.98. The van der Waals surface area contributed by atoms with Crippen LogP contribution in [0.15, 0.2) is 48.7 Å². The van der Waals surface area contributed by atoms with Crippen molar-refractivity contribution in [1.82, 2.24) is 9.88 Å². The molecule has 0 saturated carbocycles. The molecule has 6 heteroatoms. The molecule has 1 aliphatic heterocycles. The Morgan fingerprint density at radius 3 is 2.70 bits per heavy atom. The molecule has 1 atom stereocenters. The number of fused-ring (bicyclic) bond motifs is 1. The number of aliphatic hydroxyl groups excluding tert-OH is 1. The van der Waals surface area contributed by atoms with Crippen molar-refractivity contribution in [2.24, 2.45) is 0 Å². The van der Waals surface area contributed by atoms with Gasteiger partial charge in [0.15, 0.2) is 0 Å². The number of benzene rings is 2. The number of aliphatic hydroxyl groups is 1. The van der Waals surface area contributed by atoms with Gasteiger partial charge in [0.25, 0.3) is 0 Å². The maximum atomic E-state index is 13.6. The van der Waals surface area contributed by atoms with Crippen LogP contribution in [0.25, 0.3) is 10.9 Å². The number of aromatic amines is 1. The summed E-state index contributed by atoms with van der Waals surface area (Å²) < 4.78 is 19.0. The van der Waals surface area contributed by atoms with Gasteiger partial charge in [-0.2, -0.15) is 0 Å². The van der Waals surface area contributed by atoms with Crippen LogP contribution in [0.4, 0.5) is 10.1 Å². The zero-order chi connectivity index (χ0) is 18.8. The molecule has 0 bridgehead atoms. The van der Waals surface area contributed by atoms with Gasteiger partial charge in [0, 0.05) is 55.4 Å². The van der Waals surface area contributed by atoms with E-state index in [1.165, 1.54) is 12.1 Å². The van der Waals surface area contributed by atoms with Crippen LogP contribution < -0.4 is 9.64 Å². The largest absolute Gasteiger partial charge is 0.495 e. The third kappa shape index (κ3) is 3.63. The van der Waals surface area contributed by atoms with Crippen LogP contribution >= 0.6 is 0 Å². The highest BCUT2D eigenvalue weighted by Crippen LogP contribution is 2.29. The Labute approximate surface area is 158 Å². The zero-order valence-corrected chi connectivity index (χ0v) is 15.4. The molecule has 27 heavy (non-hydrogen) atoms. The monoisotopic (exact) mass is 369 g/mol. The maximum Gasteiger partial charge on any atom is 0.142 e. The average molecular weight is 369 g/mol. The number of para-hydroxylation sites is 2. The molecule has 0 aliphatic carbocycles. The minimum Gasteiger partial charge on any atom is -0.495 e. The second-order valence-corrected chi connectivity index (χ2v) is 6.91. The number of halogens is 1. The summed E-state index contributed by atoms with van der Waals surface area (Å²) in [5.41, 5.74) is 2.69. The Morgan fingerprint density at radius 1 is 1.15 bits per heavy atom. The molecule has 0 amide bonds. The Kier molecular flexibility index (Phi) is 5.01. The van der Waals surface area contributed by atoms with Gasteiger partial charge in [-0.3, -0.25) is 4.90 Å². The lowest BCUT2D eigenvalue weighted by molar-refractivity contribution is 0.110. The van der Waals surface area contributed by atoms with E-state index in [0.717, 1.165) is 54.1 Å². The number of nitrogens with one attached hydrogen (secondary N) is 1. The number of hydrogen-bond donors (Lipinski definition) is 2. The number of hydrogen-bond acceptors (Lipinski definition) is 4. The molecule has 1 aromatic heterocycles. The van der Waals surface area contributed by atoms with Gasteiger partial charge < -0.3 is 19.7 Å². The van der Waals surface area contributed by atoms with E-state index in [2.05, 4.69) is 20.9 Å². The first-order valence-electron chi connectivity index (χ1n) is 9.20. The molecule has 3 aromatic rings. The summed E-state index contributed by atoms with van der Waals surface area (Å²) in [6.07, 6.45) is 1.12. The number of piperazine rings is 1. The number of rotatable bonds is 5. The molecule has 2 N–H and O–H groups in total. The van der Waals surface area contributed by atoms with Gasteiger partial charge in [-0.25, -0.2) is 4.39 Å². The predicted octanol–water partition coefficient (Wildman–Crippen LogP) is 3.17. The fourth-order valence-electron chi connectivity index (χ4n) is 3.80. The summed E-state index contributed by atoms with van der Waals surface area (Å²) in [5.74, 6) is 0.591. The number of β-amino-alcohol motifs (C(OH)–C–C–N with tert-alkyl or cyclic N) is 1. The Hall–Kier alpha value is -2.57. The third-order valence-corrected chi connectivity index (χ3v) is 5.26. The lowest BCUT2D eigenvalue weighted by atomic mass is 10.1. The van der Waals surface area contributed by atoms with E-state index >= 15 is 0 Å². The molecule has 0 spiro atoms. The van der Waals surface area contributed by atoms with Gasteiger partial charge in [-0.05, 0) is 30.3 Å². The van der Waals surface area contributed by atoms with Crippen molar-refractivity contribution in [3.63, 3.8) is 0 Å². The summed E-state index contributed by atoms with van der Waals surface area (Å²) in [6, 6.07) is 12.6. The van der Waals surface area contributed by atoms with Crippen molar-refractivity contribution >= 4 is 16.6 Å². The van der Waals surface area contributed by atoms with Gasteiger partial charge in [-0.1, -0.05) is 12.1 Å². The third-order valence-electron chi connectivity index (χ3n) is 5.26. The van der Waals surface area contributed by atoms with E-state index in [0.29, 0.717) is 6.54 Å². The van der Waals surface area contributed by atoms with Crippen LogP contribution in [-0.4, -0.2) is 54.8 Å². The van der Waals surface area contributed by atoms with Crippen molar-refractivity contribution in [3.8, 4) is 5.75 Å². The Morgan fingerprint density at radius 2 is 1.93 bits per heavy atom. The number of nitrogens with zero attached hydrogens (tertiary/aromatic N) is 2. The fraction of sp³-hybridized carbons (Fsp3) is 0.333. The Bertz CT molecular complexity index is 919. The summed E-state index contributed by atoms with van der Waals surface area (Å²) in [4.78, 5) is 7.66. The summed E-state index contributed by atoms with van der Waals surface area (Å²) in [5, 5.41) is 11.4. The van der Waals surface area contributed by atoms with Gasteiger partial charge >= 0.3 is 0 Å². The fourth-order valence-corrected chi connectivity index (χ4v) is 3.80. The quantitative estimate of drug-likeness (QED) is 0.725.